The van der Waals surface area contributed by atoms with Crippen molar-refractivity contribution in [2.45, 2.75) is 13.8 Å². The number of thiocarbonyl (C=S) groups is 1. The molecule has 0 saturated heterocycles. The van der Waals surface area contributed by atoms with Crippen LogP contribution in [0, 0.1) is 13.8 Å². The van der Waals surface area contributed by atoms with Gasteiger partial charge in [0.05, 0.1) is 11.4 Å². The van der Waals surface area contributed by atoms with E-state index in [1.165, 1.54) is 4.68 Å². The SMILES string of the molecule is Cc1ccc(NC(=S)Nc2cccc(C(=O)Nc3c(C)n(C)n(-c4ccccc4)c3=O)c2)cc1. The summed E-state index contributed by atoms with van der Waals surface area (Å²) in [5.41, 5.74) is 4.40. The minimum absolute atomic E-state index is 0.242. The molecule has 0 spiro atoms. The van der Waals surface area contributed by atoms with Crippen LogP contribution in [0.2, 0.25) is 0 Å². The number of hydrogen-bond donors (Lipinski definition) is 3. The molecule has 0 bridgehead atoms. The van der Waals surface area contributed by atoms with Gasteiger partial charge in [-0.1, -0.05) is 42.0 Å². The number of aromatic nitrogens is 2. The third-order valence-electron chi connectivity index (χ3n) is 5.48. The Labute approximate surface area is 203 Å². The molecule has 1 heterocycles. The summed E-state index contributed by atoms with van der Waals surface area (Å²) in [4.78, 5) is 26.1. The molecule has 0 saturated carbocycles. The van der Waals surface area contributed by atoms with Crippen LogP contribution in [0.25, 0.3) is 5.69 Å². The zero-order valence-corrected chi connectivity index (χ0v) is 19.9. The predicted molar refractivity (Wildman–Crippen MR) is 141 cm³/mol. The Morgan fingerprint density at radius 2 is 1.50 bits per heavy atom. The number of hydrogen-bond acceptors (Lipinski definition) is 3. The number of aryl methyl sites for hydroxylation is 1. The summed E-state index contributed by atoms with van der Waals surface area (Å²) >= 11 is 5.39. The summed E-state index contributed by atoms with van der Waals surface area (Å²) in [6.45, 7) is 3.81. The second-order valence-corrected chi connectivity index (χ2v) is 8.32. The van der Waals surface area contributed by atoms with Crippen molar-refractivity contribution in [1.82, 2.24) is 9.36 Å². The summed E-state index contributed by atoms with van der Waals surface area (Å²) in [6, 6.07) is 24.1. The number of rotatable bonds is 5. The molecule has 172 valence electrons. The molecular formula is C26H25N5O2S. The summed E-state index contributed by atoms with van der Waals surface area (Å²) in [5, 5.41) is 9.40. The van der Waals surface area contributed by atoms with Crippen molar-refractivity contribution in [3.63, 3.8) is 0 Å². The molecule has 0 aliphatic heterocycles. The summed E-state index contributed by atoms with van der Waals surface area (Å²) in [7, 11) is 1.78. The van der Waals surface area contributed by atoms with Gasteiger partial charge in [0.15, 0.2) is 5.11 Å². The lowest BCUT2D eigenvalue weighted by Gasteiger charge is -2.12. The van der Waals surface area contributed by atoms with E-state index in [2.05, 4.69) is 16.0 Å². The van der Waals surface area contributed by atoms with Crippen LogP contribution >= 0.6 is 12.2 Å². The molecule has 34 heavy (non-hydrogen) atoms. The van der Waals surface area contributed by atoms with Crippen molar-refractivity contribution in [2.24, 2.45) is 7.05 Å². The lowest BCUT2D eigenvalue weighted by Crippen LogP contribution is -2.23. The van der Waals surface area contributed by atoms with Crippen LogP contribution in [0.5, 0.6) is 0 Å². The Kier molecular flexibility index (Phi) is 6.60. The molecule has 0 unspecified atom stereocenters. The van der Waals surface area contributed by atoms with Gasteiger partial charge in [-0.05, 0) is 68.5 Å². The van der Waals surface area contributed by atoms with E-state index in [0.717, 1.165) is 16.9 Å². The fourth-order valence-corrected chi connectivity index (χ4v) is 3.80. The molecule has 0 fully saturated rings. The fourth-order valence-electron chi connectivity index (χ4n) is 3.57. The van der Waals surface area contributed by atoms with Gasteiger partial charge in [0.25, 0.3) is 11.5 Å². The van der Waals surface area contributed by atoms with Gasteiger partial charge in [-0.3, -0.25) is 14.3 Å². The van der Waals surface area contributed by atoms with Crippen molar-refractivity contribution in [3.05, 3.63) is 106 Å². The van der Waals surface area contributed by atoms with Crippen LogP contribution < -0.4 is 21.5 Å². The molecule has 0 aliphatic rings. The maximum atomic E-state index is 13.1. The highest BCUT2D eigenvalue weighted by Gasteiger charge is 2.19. The van der Waals surface area contributed by atoms with Gasteiger partial charge in [-0.25, -0.2) is 4.68 Å². The standard InChI is InChI=1S/C26H25N5O2S/c1-17-12-14-20(15-13-17)27-26(34)28-21-9-7-8-19(16-21)24(32)29-23-18(2)30(3)31(25(23)33)22-10-5-4-6-11-22/h4-16H,1-3H3,(H,29,32)(H2,27,28,34). The number of anilines is 3. The second kappa shape index (κ2) is 9.76. The van der Waals surface area contributed by atoms with Gasteiger partial charge in [0.2, 0.25) is 0 Å². The highest BCUT2D eigenvalue weighted by atomic mass is 32.1. The Balaban J connectivity index is 1.50. The third kappa shape index (κ3) is 4.92. The minimum Gasteiger partial charge on any atom is -0.332 e. The Hall–Kier alpha value is -4.17. The minimum atomic E-state index is -0.382. The molecule has 0 atom stereocenters. The van der Waals surface area contributed by atoms with Gasteiger partial charge in [0, 0.05) is 24.0 Å². The Morgan fingerprint density at radius 1 is 0.824 bits per heavy atom. The van der Waals surface area contributed by atoms with Crippen LogP contribution in [0.1, 0.15) is 21.6 Å². The normalized spacial score (nSPS) is 10.6. The smallest absolute Gasteiger partial charge is 0.295 e. The van der Waals surface area contributed by atoms with Crippen molar-refractivity contribution < 1.29 is 4.79 Å². The topological polar surface area (TPSA) is 80.1 Å². The molecule has 0 aliphatic carbocycles. The lowest BCUT2D eigenvalue weighted by molar-refractivity contribution is 0.102. The first-order chi connectivity index (χ1) is 16.3. The van der Waals surface area contributed by atoms with Gasteiger partial charge >= 0.3 is 0 Å². The first-order valence-corrected chi connectivity index (χ1v) is 11.1. The molecule has 3 N–H and O–H groups in total. The van der Waals surface area contributed by atoms with Crippen molar-refractivity contribution in [3.8, 4) is 5.69 Å². The fraction of sp³-hybridized carbons (Fsp3) is 0.115. The van der Waals surface area contributed by atoms with E-state index in [1.807, 2.05) is 67.6 Å². The van der Waals surface area contributed by atoms with E-state index in [0.29, 0.717) is 22.1 Å². The average molecular weight is 472 g/mol. The first-order valence-electron chi connectivity index (χ1n) is 10.7. The van der Waals surface area contributed by atoms with E-state index in [1.54, 1.807) is 36.9 Å². The van der Waals surface area contributed by atoms with E-state index in [4.69, 9.17) is 12.2 Å². The monoisotopic (exact) mass is 471 g/mol. The van der Waals surface area contributed by atoms with Gasteiger partial charge in [-0.15, -0.1) is 0 Å². The van der Waals surface area contributed by atoms with Gasteiger partial charge in [-0.2, -0.15) is 0 Å². The Bertz CT molecular complexity index is 1410. The van der Waals surface area contributed by atoms with Crippen LogP contribution in [0.15, 0.2) is 83.7 Å². The zero-order chi connectivity index (χ0) is 24.2. The van der Waals surface area contributed by atoms with Crippen LogP contribution in [-0.4, -0.2) is 20.4 Å². The number of benzene rings is 3. The van der Waals surface area contributed by atoms with Crippen LogP contribution in [0.4, 0.5) is 17.1 Å². The van der Waals surface area contributed by atoms with Gasteiger partial charge < -0.3 is 16.0 Å². The van der Waals surface area contributed by atoms with Crippen LogP contribution in [-0.2, 0) is 7.05 Å². The predicted octanol–water partition coefficient (Wildman–Crippen LogP) is 4.85. The number of carbonyl (C=O) groups excluding carboxylic acids is 1. The maximum absolute atomic E-state index is 13.1. The molecule has 1 aromatic heterocycles. The number of nitrogens with zero attached hydrogens (tertiary/aromatic N) is 2. The van der Waals surface area contributed by atoms with Crippen molar-refractivity contribution >= 4 is 40.3 Å². The third-order valence-corrected chi connectivity index (χ3v) is 5.69. The number of nitrogens with one attached hydrogen (secondary N) is 3. The number of amides is 1. The summed E-state index contributed by atoms with van der Waals surface area (Å²) in [5.74, 6) is -0.382. The van der Waals surface area contributed by atoms with E-state index in [-0.39, 0.29) is 17.2 Å². The quantitative estimate of drug-likeness (QED) is 0.363. The number of para-hydroxylation sites is 1. The average Bonchev–Trinajstić information content (AvgIpc) is 3.04. The molecule has 8 heteroatoms. The lowest BCUT2D eigenvalue weighted by atomic mass is 10.2. The Morgan fingerprint density at radius 3 is 2.21 bits per heavy atom. The molecule has 0 radical (unpaired) electrons. The van der Waals surface area contributed by atoms with Crippen molar-refractivity contribution in [1.29, 1.82) is 0 Å². The molecule has 7 nitrogen and oxygen atoms in total. The molecular weight excluding hydrogens is 446 g/mol. The maximum Gasteiger partial charge on any atom is 0.295 e. The molecule has 1 amide bonds. The highest BCUT2D eigenvalue weighted by Crippen LogP contribution is 2.17. The first kappa shape index (κ1) is 23.0. The van der Waals surface area contributed by atoms with Crippen molar-refractivity contribution in [2.75, 3.05) is 16.0 Å². The molecule has 3 aromatic carbocycles. The molecule has 4 rings (SSSR count). The number of carbonyl (C=O) groups is 1. The van der Waals surface area contributed by atoms with Gasteiger partial charge in [0.1, 0.15) is 5.69 Å². The second-order valence-electron chi connectivity index (χ2n) is 7.92. The van der Waals surface area contributed by atoms with E-state index < -0.39 is 0 Å². The zero-order valence-electron chi connectivity index (χ0n) is 19.1. The van der Waals surface area contributed by atoms with Crippen LogP contribution in [0.3, 0.4) is 0 Å². The molecule has 4 aromatic rings. The van der Waals surface area contributed by atoms with E-state index >= 15 is 0 Å². The van der Waals surface area contributed by atoms with E-state index in [9.17, 15) is 9.59 Å². The highest BCUT2D eigenvalue weighted by molar-refractivity contribution is 7.80. The summed E-state index contributed by atoms with van der Waals surface area (Å²) < 4.78 is 3.25. The largest absolute Gasteiger partial charge is 0.332 e. The summed E-state index contributed by atoms with van der Waals surface area (Å²) in [6.07, 6.45) is 0.